The first-order valence-corrected chi connectivity index (χ1v) is 6.59. The van der Waals surface area contributed by atoms with Crippen molar-refractivity contribution in [2.24, 2.45) is 0 Å². The number of rotatable bonds is 2. The molecule has 0 saturated carbocycles. The van der Waals surface area contributed by atoms with Gasteiger partial charge in [-0.1, -0.05) is 0 Å². The summed E-state index contributed by atoms with van der Waals surface area (Å²) in [5.41, 5.74) is 0. The van der Waals surface area contributed by atoms with Crippen molar-refractivity contribution in [1.29, 1.82) is 0 Å². The van der Waals surface area contributed by atoms with Gasteiger partial charge in [0.15, 0.2) is 10.6 Å². The predicted octanol–water partition coefficient (Wildman–Crippen LogP) is 4.01. The first kappa shape index (κ1) is 11.0. The second-order valence-electron chi connectivity index (χ2n) is 3.41. The quantitative estimate of drug-likeness (QED) is 0.850. The lowest BCUT2D eigenvalue weighted by Gasteiger charge is -2.09. The number of H-pyrrole nitrogens is 1. The fourth-order valence-corrected chi connectivity index (χ4v) is 3.28. The average molecular weight is 304 g/mol. The second-order valence-corrected chi connectivity index (χ2v) is 5.57. The summed E-state index contributed by atoms with van der Waals surface area (Å²) in [4.78, 5) is 1.11. The summed E-state index contributed by atoms with van der Waals surface area (Å²) >= 11 is 10.4. The van der Waals surface area contributed by atoms with Crippen molar-refractivity contribution in [3.8, 4) is 10.7 Å². The van der Waals surface area contributed by atoms with E-state index in [1.54, 1.807) is 11.3 Å². The van der Waals surface area contributed by atoms with Crippen LogP contribution >= 0.6 is 39.5 Å². The van der Waals surface area contributed by atoms with Crippen molar-refractivity contribution < 1.29 is 0 Å². The van der Waals surface area contributed by atoms with Gasteiger partial charge in [0.05, 0.1) is 4.88 Å². The molecule has 0 radical (unpaired) electrons. The van der Waals surface area contributed by atoms with E-state index < -0.39 is 0 Å². The molecule has 2 aromatic heterocycles. The van der Waals surface area contributed by atoms with Gasteiger partial charge in [-0.3, -0.25) is 9.67 Å². The predicted molar refractivity (Wildman–Crippen MR) is 68.8 cm³/mol. The van der Waals surface area contributed by atoms with Crippen LogP contribution in [0.4, 0.5) is 0 Å². The van der Waals surface area contributed by atoms with Gasteiger partial charge < -0.3 is 0 Å². The van der Waals surface area contributed by atoms with Gasteiger partial charge in [-0.05, 0) is 53.4 Å². The van der Waals surface area contributed by atoms with Crippen molar-refractivity contribution >= 4 is 39.5 Å². The molecular formula is C9H10BrN3S2. The fraction of sp³-hybridized carbons (Fsp3) is 0.333. The number of aromatic nitrogens is 3. The second kappa shape index (κ2) is 4.19. The molecule has 0 aliphatic carbocycles. The first-order chi connectivity index (χ1) is 7.11. The molecule has 0 fully saturated rings. The van der Waals surface area contributed by atoms with Crippen LogP contribution in [0.3, 0.4) is 0 Å². The highest BCUT2D eigenvalue weighted by atomic mass is 79.9. The molecule has 0 saturated heterocycles. The van der Waals surface area contributed by atoms with Gasteiger partial charge in [0.2, 0.25) is 0 Å². The molecule has 6 heteroatoms. The maximum absolute atomic E-state index is 5.20. The monoisotopic (exact) mass is 303 g/mol. The number of aromatic amines is 1. The SMILES string of the molecule is CC(C)n1c(-c2sccc2Br)n[nH]c1=S. The van der Waals surface area contributed by atoms with Crippen molar-refractivity contribution in [1.82, 2.24) is 14.8 Å². The molecule has 2 rings (SSSR count). The molecular weight excluding hydrogens is 294 g/mol. The number of thiophene rings is 1. The van der Waals surface area contributed by atoms with Gasteiger partial charge >= 0.3 is 0 Å². The van der Waals surface area contributed by atoms with Crippen molar-refractivity contribution in [2.45, 2.75) is 19.9 Å². The van der Waals surface area contributed by atoms with Crippen LogP contribution in [0, 0.1) is 4.77 Å². The Bertz CT molecular complexity index is 523. The van der Waals surface area contributed by atoms with E-state index in [-0.39, 0.29) is 0 Å². The summed E-state index contributed by atoms with van der Waals surface area (Å²) in [7, 11) is 0. The normalized spacial score (nSPS) is 11.2. The number of halogens is 1. The van der Waals surface area contributed by atoms with E-state index in [1.165, 1.54) is 0 Å². The first-order valence-electron chi connectivity index (χ1n) is 4.51. The van der Waals surface area contributed by atoms with Crippen LogP contribution in [0.2, 0.25) is 0 Å². The summed E-state index contributed by atoms with van der Waals surface area (Å²) in [5, 5.41) is 9.13. The standard InChI is InChI=1S/C9H10BrN3S2/c1-5(2)13-8(11-12-9(13)14)7-6(10)3-4-15-7/h3-5H,1-2H3,(H,12,14). The third-order valence-electron chi connectivity index (χ3n) is 2.04. The van der Waals surface area contributed by atoms with Crippen LogP contribution in [-0.2, 0) is 0 Å². The van der Waals surface area contributed by atoms with Crippen LogP contribution in [0.1, 0.15) is 19.9 Å². The lowest BCUT2D eigenvalue weighted by molar-refractivity contribution is 0.597. The third kappa shape index (κ3) is 1.93. The van der Waals surface area contributed by atoms with Crippen molar-refractivity contribution in [2.75, 3.05) is 0 Å². The molecule has 0 aliphatic heterocycles. The largest absolute Gasteiger partial charge is 0.297 e. The average Bonchev–Trinajstić information content (AvgIpc) is 2.71. The van der Waals surface area contributed by atoms with Crippen LogP contribution in [0.15, 0.2) is 15.9 Å². The minimum absolute atomic E-state index is 0.306. The number of nitrogens with one attached hydrogen (secondary N) is 1. The van der Waals surface area contributed by atoms with E-state index in [4.69, 9.17) is 12.2 Å². The molecule has 2 heterocycles. The van der Waals surface area contributed by atoms with E-state index in [0.717, 1.165) is 15.2 Å². The van der Waals surface area contributed by atoms with Crippen LogP contribution in [-0.4, -0.2) is 14.8 Å². The lowest BCUT2D eigenvalue weighted by atomic mass is 10.3. The Morgan fingerprint density at radius 1 is 1.60 bits per heavy atom. The molecule has 0 unspecified atom stereocenters. The highest BCUT2D eigenvalue weighted by Crippen LogP contribution is 2.33. The number of hydrogen-bond donors (Lipinski definition) is 1. The van der Waals surface area contributed by atoms with Crippen molar-refractivity contribution in [3.63, 3.8) is 0 Å². The Morgan fingerprint density at radius 2 is 2.33 bits per heavy atom. The van der Waals surface area contributed by atoms with Crippen LogP contribution < -0.4 is 0 Å². The summed E-state index contributed by atoms with van der Waals surface area (Å²) in [5.74, 6) is 0.900. The number of nitrogens with zero attached hydrogens (tertiary/aromatic N) is 2. The van der Waals surface area contributed by atoms with Gasteiger partial charge in [-0.25, -0.2) is 0 Å². The zero-order chi connectivity index (χ0) is 11.0. The Morgan fingerprint density at radius 3 is 2.87 bits per heavy atom. The molecule has 0 bridgehead atoms. The highest BCUT2D eigenvalue weighted by Gasteiger charge is 2.14. The number of hydrogen-bond acceptors (Lipinski definition) is 3. The minimum atomic E-state index is 0.306. The van der Waals surface area contributed by atoms with Crippen LogP contribution in [0.5, 0.6) is 0 Å². The van der Waals surface area contributed by atoms with Crippen LogP contribution in [0.25, 0.3) is 10.7 Å². The van der Waals surface area contributed by atoms with Gasteiger partial charge in [0, 0.05) is 10.5 Å². The fourth-order valence-electron chi connectivity index (χ4n) is 1.40. The molecule has 0 amide bonds. The molecule has 0 atom stereocenters. The van der Waals surface area contributed by atoms with Gasteiger partial charge in [-0.15, -0.1) is 11.3 Å². The Hall–Kier alpha value is -0.460. The topological polar surface area (TPSA) is 33.6 Å². The molecule has 0 aromatic carbocycles. The molecule has 0 aliphatic rings. The van der Waals surface area contributed by atoms with Crippen molar-refractivity contribution in [3.05, 3.63) is 20.7 Å². The van der Waals surface area contributed by atoms with E-state index >= 15 is 0 Å². The summed E-state index contributed by atoms with van der Waals surface area (Å²) in [6.45, 7) is 4.19. The third-order valence-corrected chi connectivity index (χ3v) is 4.16. The lowest BCUT2D eigenvalue weighted by Crippen LogP contribution is -2.02. The zero-order valence-corrected chi connectivity index (χ0v) is 11.5. The molecule has 0 spiro atoms. The summed E-state index contributed by atoms with van der Waals surface area (Å²) in [6, 6.07) is 2.32. The Kier molecular flexibility index (Phi) is 3.08. The Balaban J connectivity index is 2.64. The molecule has 2 aromatic rings. The smallest absolute Gasteiger partial charge is 0.195 e. The molecule has 3 nitrogen and oxygen atoms in total. The van der Waals surface area contributed by atoms with Gasteiger partial charge in [0.25, 0.3) is 0 Å². The minimum Gasteiger partial charge on any atom is -0.297 e. The highest BCUT2D eigenvalue weighted by molar-refractivity contribution is 9.10. The van der Waals surface area contributed by atoms with Gasteiger partial charge in [0.1, 0.15) is 0 Å². The van der Waals surface area contributed by atoms with E-state index in [9.17, 15) is 0 Å². The molecule has 15 heavy (non-hydrogen) atoms. The zero-order valence-electron chi connectivity index (χ0n) is 8.32. The summed E-state index contributed by atoms with van der Waals surface area (Å²) < 4.78 is 3.75. The van der Waals surface area contributed by atoms with E-state index in [0.29, 0.717) is 10.8 Å². The molecule has 1 N–H and O–H groups in total. The maximum atomic E-state index is 5.20. The van der Waals surface area contributed by atoms with Gasteiger partial charge in [-0.2, -0.15) is 5.10 Å². The summed E-state index contributed by atoms with van der Waals surface area (Å²) in [6.07, 6.45) is 0. The van der Waals surface area contributed by atoms with E-state index in [1.807, 2.05) is 16.0 Å². The maximum Gasteiger partial charge on any atom is 0.195 e. The Labute approximate surface area is 105 Å². The van der Waals surface area contributed by atoms with E-state index in [2.05, 4.69) is 40.0 Å². The molecule has 80 valence electrons.